The molecule has 1 fully saturated rings. The van der Waals surface area contributed by atoms with E-state index in [9.17, 15) is 4.79 Å². The summed E-state index contributed by atoms with van der Waals surface area (Å²) in [6, 6.07) is 8.03. The minimum atomic E-state index is -0.809. The Bertz CT molecular complexity index is 627. The van der Waals surface area contributed by atoms with Gasteiger partial charge in [0.15, 0.2) is 5.82 Å². The molecular weight excluding hydrogens is 254 g/mol. The highest BCUT2D eigenvalue weighted by Crippen LogP contribution is 2.38. The van der Waals surface area contributed by atoms with Gasteiger partial charge in [-0.2, -0.15) is 5.10 Å². The van der Waals surface area contributed by atoms with E-state index in [1.165, 1.54) is 5.56 Å². The molecule has 0 atom stereocenters. The molecule has 1 heterocycles. The standard InChI is InChI=1S/C15H17N3O2/c1-10-2-6-12(7-3-10)18-13(8-9-14(19)20)16-15(17-18)11-4-5-11/h2-3,6-7,11H,4-5,8-9H2,1H3,(H,19,20). The molecule has 1 saturated carbocycles. The molecule has 1 aromatic heterocycles. The van der Waals surface area contributed by atoms with Crippen LogP contribution in [0, 0.1) is 6.92 Å². The SMILES string of the molecule is Cc1ccc(-n2nc(C3CC3)nc2CCC(=O)O)cc1. The van der Waals surface area contributed by atoms with Gasteiger partial charge >= 0.3 is 5.97 Å². The van der Waals surface area contributed by atoms with Crippen LogP contribution >= 0.6 is 0 Å². The Hall–Kier alpha value is -2.17. The highest BCUT2D eigenvalue weighted by molar-refractivity contribution is 5.66. The molecule has 0 spiro atoms. The first kappa shape index (κ1) is 12.8. The number of aromatic nitrogens is 3. The molecule has 0 unspecified atom stereocenters. The highest BCUT2D eigenvalue weighted by atomic mass is 16.4. The van der Waals surface area contributed by atoms with Crippen molar-refractivity contribution in [1.29, 1.82) is 0 Å². The zero-order valence-electron chi connectivity index (χ0n) is 11.4. The Morgan fingerprint density at radius 1 is 1.35 bits per heavy atom. The van der Waals surface area contributed by atoms with Crippen LogP contribution in [-0.4, -0.2) is 25.8 Å². The van der Waals surface area contributed by atoms with Gasteiger partial charge in [0.2, 0.25) is 0 Å². The molecule has 5 nitrogen and oxygen atoms in total. The smallest absolute Gasteiger partial charge is 0.303 e. The van der Waals surface area contributed by atoms with E-state index >= 15 is 0 Å². The lowest BCUT2D eigenvalue weighted by molar-refractivity contribution is -0.137. The first-order chi connectivity index (χ1) is 9.63. The molecule has 0 aliphatic heterocycles. The highest BCUT2D eigenvalue weighted by Gasteiger charge is 2.29. The van der Waals surface area contributed by atoms with E-state index in [1.54, 1.807) is 4.68 Å². The van der Waals surface area contributed by atoms with Gasteiger partial charge < -0.3 is 5.11 Å². The Balaban J connectivity index is 1.93. The number of nitrogens with zero attached hydrogens (tertiary/aromatic N) is 3. The molecule has 0 radical (unpaired) electrons. The molecule has 0 amide bonds. The molecule has 1 aliphatic rings. The average Bonchev–Trinajstić information content (AvgIpc) is 3.18. The van der Waals surface area contributed by atoms with Crippen LogP contribution in [0.4, 0.5) is 0 Å². The predicted octanol–water partition coefficient (Wildman–Crippen LogP) is 2.47. The quantitative estimate of drug-likeness (QED) is 0.907. The summed E-state index contributed by atoms with van der Waals surface area (Å²) in [5.41, 5.74) is 2.12. The predicted molar refractivity (Wildman–Crippen MR) is 74.0 cm³/mol. The van der Waals surface area contributed by atoms with E-state index in [-0.39, 0.29) is 6.42 Å². The maximum absolute atomic E-state index is 10.8. The second kappa shape index (κ2) is 5.07. The van der Waals surface area contributed by atoms with Crippen molar-refractivity contribution in [1.82, 2.24) is 14.8 Å². The van der Waals surface area contributed by atoms with Gasteiger partial charge in [-0.3, -0.25) is 4.79 Å². The maximum atomic E-state index is 10.8. The molecule has 0 bridgehead atoms. The summed E-state index contributed by atoms with van der Waals surface area (Å²) in [5, 5.41) is 13.4. The Kier molecular flexibility index (Phi) is 3.26. The Morgan fingerprint density at radius 3 is 2.65 bits per heavy atom. The molecule has 2 aromatic rings. The zero-order valence-corrected chi connectivity index (χ0v) is 11.4. The van der Waals surface area contributed by atoms with Crippen molar-refractivity contribution < 1.29 is 9.90 Å². The number of hydrogen-bond acceptors (Lipinski definition) is 3. The summed E-state index contributed by atoms with van der Waals surface area (Å²) < 4.78 is 1.79. The summed E-state index contributed by atoms with van der Waals surface area (Å²) in [7, 11) is 0. The van der Waals surface area contributed by atoms with Crippen molar-refractivity contribution in [2.24, 2.45) is 0 Å². The van der Waals surface area contributed by atoms with E-state index in [0.29, 0.717) is 12.3 Å². The van der Waals surface area contributed by atoms with E-state index < -0.39 is 5.97 Å². The van der Waals surface area contributed by atoms with Gasteiger partial charge in [-0.1, -0.05) is 17.7 Å². The molecule has 3 rings (SSSR count). The third kappa shape index (κ3) is 2.71. The monoisotopic (exact) mass is 271 g/mol. The fourth-order valence-electron chi connectivity index (χ4n) is 2.15. The van der Waals surface area contributed by atoms with E-state index in [2.05, 4.69) is 10.1 Å². The third-order valence-corrected chi connectivity index (χ3v) is 3.47. The number of hydrogen-bond donors (Lipinski definition) is 1. The van der Waals surface area contributed by atoms with Crippen molar-refractivity contribution in [3.05, 3.63) is 41.5 Å². The molecule has 104 valence electrons. The molecule has 1 aliphatic carbocycles. The third-order valence-electron chi connectivity index (χ3n) is 3.47. The van der Waals surface area contributed by atoms with Crippen LogP contribution in [0.2, 0.25) is 0 Å². The summed E-state index contributed by atoms with van der Waals surface area (Å²) in [6.45, 7) is 2.03. The zero-order chi connectivity index (χ0) is 14.1. The molecule has 1 N–H and O–H groups in total. The van der Waals surface area contributed by atoms with Gasteiger partial charge in [0.05, 0.1) is 12.1 Å². The van der Waals surface area contributed by atoms with Gasteiger partial charge in [0.1, 0.15) is 5.82 Å². The van der Waals surface area contributed by atoms with Gasteiger partial charge in [-0.15, -0.1) is 0 Å². The molecule has 20 heavy (non-hydrogen) atoms. The fourth-order valence-corrected chi connectivity index (χ4v) is 2.15. The minimum absolute atomic E-state index is 0.0780. The fraction of sp³-hybridized carbons (Fsp3) is 0.400. The summed E-state index contributed by atoms with van der Waals surface area (Å²) >= 11 is 0. The van der Waals surface area contributed by atoms with Crippen molar-refractivity contribution in [3.63, 3.8) is 0 Å². The second-order valence-electron chi connectivity index (χ2n) is 5.30. The van der Waals surface area contributed by atoms with E-state index in [1.807, 2.05) is 31.2 Å². The molecule has 5 heteroatoms. The number of carboxylic acids is 1. The van der Waals surface area contributed by atoms with Gasteiger partial charge in [0, 0.05) is 12.3 Å². The van der Waals surface area contributed by atoms with Crippen LogP contribution in [0.15, 0.2) is 24.3 Å². The second-order valence-corrected chi connectivity index (χ2v) is 5.30. The first-order valence-electron chi connectivity index (χ1n) is 6.88. The van der Waals surface area contributed by atoms with Crippen molar-refractivity contribution in [2.45, 2.75) is 38.5 Å². The van der Waals surface area contributed by atoms with E-state index in [0.717, 1.165) is 30.2 Å². The summed E-state index contributed by atoms with van der Waals surface area (Å²) in [4.78, 5) is 15.3. The summed E-state index contributed by atoms with van der Waals surface area (Å²) in [5.74, 6) is 1.24. The van der Waals surface area contributed by atoms with Crippen LogP contribution < -0.4 is 0 Å². The van der Waals surface area contributed by atoms with Crippen molar-refractivity contribution in [2.75, 3.05) is 0 Å². The Labute approximate surface area is 117 Å². The van der Waals surface area contributed by atoms with Crippen LogP contribution in [0.25, 0.3) is 5.69 Å². The average molecular weight is 271 g/mol. The number of rotatable bonds is 5. The lowest BCUT2D eigenvalue weighted by Gasteiger charge is -2.05. The van der Waals surface area contributed by atoms with Crippen LogP contribution in [0.1, 0.15) is 42.4 Å². The first-order valence-corrected chi connectivity index (χ1v) is 6.88. The van der Waals surface area contributed by atoms with Crippen LogP contribution in [-0.2, 0) is 11.2 Å². The largest absolute Gasteiger partial charge is 0.481 e. The number of aliphatic carboxylic acids is 1. The van der Waals surface area contributed by atoms with Gasteiger partial charge in [-0.05, 0) is 31.9 Å². The Morgan fingerprint density at radius 2 is 2.05 bits per heavy atom. The lowest BCUT2D eigenvalue weighted by atomic mass is 10.2. The number of aryl methyl sites for hydroxylation is 2. The summed E-state index contributed by atoms with van der Waals surface area (Å²) in [6.07, 6.45) is 2.75. The molecule has 1 aromatic carbocycles. The van der Waals surface area contributed by atoms with Crippen LogP contribution in [0.3, 0.4) is 0 Å². The van der Waals surface area contributed by atoms with Crippen LogP contribution in [0.5, 0.6) is 0 Å². The lowest BCUT2D eigenvalue weighted by Crippen LogP contribution is -2.06. The van der Waals surface area contributed by atoms with Gasteiger partial charge in [0.25, 0.3) is 0 Å². The molecule has 0 saturated heterocycles. The number of benzene rings is 1. The minimum Gasteiger partial charge on any atom is -0.481 e. The van der Waals surface area contributed by atoms with Crippen molar-refractivity contribution in [3.8, 4) is 5.69 Å². The van der Waals surface area contributed by atoms with Crippen molar-refractivity contribution >= 4 is 5.97 Å². The van der Waals surface area contributed by atoms with Gasteiger partial charge in [-0.25, -0.2) is 9.67 Å². The normalized spacial score (nSPS) is 14.4. The number of carboxylic acid groups (broad SMARTS) is 1. The topological polar surface area (TPSA) is 68.0 Å². The maximum Gasteiger partial charge on any atom is 0.303 e. The molecular formula is C15H17N3O2. The van der Waals surface area contributed by atoms with E-state index in [4.69, 9.17) is 5.11 Å². The number of carbonyl (C=O) groups is 1.